The van der Waals surface area contributed by atoms with Crippen LogP contribution in [0.2, 0.25) is 0 Å². The average molecular weight is 380 g/mol. The lowest BCUT2D eigenvalue weighted by Gasteiger charge is -2.16. The number of fused-ring (bicyclic) bond motifs is 1. The number of rotatable bonds is 7. The van der Waals surface area contributed by atoms with Gasteiger partial charge in [-0.2, -0.15) is 0 Å². The predicted molar refractivity (Wildman–Crippen MR) is 108 cm³/mol. The van der Waals surface area contributed by atoms with Crippen molar-refractivity contribution in [3.05, 3.63) is 70.9 Å². The Labute approximate surface area is 163 Å². The fraction of sp³-hybridized carbons (Fsp3) is 0.273. The first-order chi connectivity index (χ1) is 13.4. The van der Waals surface area contributed by atoms with E-state index in [1.807, 2.05) is 48.7 Å². The summed E-state index contributed by atoms with van der Waals surface area (Å²) in [5.41, 5.74) is 3.95. The van der Waals surface area contributed by atoms with Gasteiger partial charge in [-0.1, -0.05) is 36.4 Å². The molecule has 0 spiro atoms. The zero-order valence-corrected chi connectivity index (χ0v) is 16.2. The standard InChI is InChI=1S/C22H24N2O4/c1-14-8-9-16(12-15(14)2)20(22(26)27)23-21(25)18-13-24(10-11-28-3)19-7-5-4-6-17(18)19/h4-9,12-13,20H,10-11H2,1-3H3,(H,23,25)(H,26,27). The van der Waals surface area contributed by atoms with Crippen molar-refractivity contribution < 1.29 is 19.4 Å². The molecular formula is C22H24N2O4. The first kappa shape index (κ1) is 19.6. The minimum atomic E-state index is -1.12. The molecule has 6 nitrogen and oxygen atoms in total. The van der Waals surface area contributed by atoms with E-state index >= 15 is 0 Å². The summed E-state index contributed by atoms with van der Waals surface area (Å²) in [5, 5.41) is 13.1. The summed E-state index contributed by atoms with van der Waals surface area (Å²) in [6.07, 6.45) is 1.75. The molecule has 0 aliphatic rings. The van der Waals surface area contributed by atoms with Gasteiger partial charge in [0.15, 0.2) is 6.04 Å². The molecule has 1 aromatic heterocycles. The molecular weight excluding hydrogens is 356 g/mol. The van der Waals surface area contributed by atoms with Crippen molar-refractivity contribution >= 4 is 22.8 Å². The number of carboxylic acids is 1. The van der Waals surface area contributed by atoms with Crippen LogP contribution in [0, 0.1) is 13.8 Å². The van der Waals surface area contributed by atoms with Gasteiger partial charge in [0.2, 0.25) is 0 Å². The molecule has 0 aliphatic heterocycles. The fourth-order valence-electron chi connectivity index (χ4n) is 3.24. The van der Waals surface area contributed by atoms with E-state index in [1.54, 1.807) is 25.4 Å². The molecule has 0 radical (unpaired) electrons. The second kappa shape index (κ2) is 8.27. The highest BCUT2D eigenvalue weighted by Crippen LogP contribution is 2.23. The van der Waals surface area contributed by atoms with Crippen LogP contribution in [0.25, 0.3) is 10.9 Å². The fourth-order valence-corrected chi connectivity index (χ4v) is 3.24. The number of aromatic nitrogens is 1. The molecule has 2 N–H and O–H groups in total. The number of nitrogens with one attached hydrogen (secondary N) is 1. The quantitative estimate of drug-likeness (QED) is 0.658. The number of aryl methyl sites for hydroxylation is 2. The van der Waals surface area contributed by atoms with Crippen molar-refractivity contribution in [3.8, 4) is 0 Å². The van der Waals surface area contributed by atoms with E-state index < -0.39 is 17.9 Å². The lowest BCUT2D eigenvalue weighted by Crippen LogP contribution is -2.33. The zero-order valence-electron chi connectivity index (χ0n) is 16.2. The summed E-state index contributed by atoms with van der Waals surface area (Å²) in [7, 11) is 1.63. The largest absolute Gasteiger partial charge is 0.479 e. The first-order valence-corrected chi connectivity index (χ1v) is 9.10. The van der Waals surface area contributed by atoms with E-state index in [0.29, 0.717) is 24.3 Å². The van der Waals surface area contributed by atoms with E-state index in [9.17, 15) is 14.7 Å². The van der Waals surface area contributed by atoms with Gasteiger partial charge in [0.05, 0.1) is 12.2 Å². The van der Waals surface area contributed by atoms with Crippen LogP contribution in [-0.2, 0) is 16.1 Å². The third kappa shape index (κ3) is 3.92. The Bertz CT molecular complexity index is 1020. The maximum Gasteiger partial charge on any atom is 0.330 e. The number of benzene rings is 2. The Kier molecular flexibility index (Phi) is 5.80. The van der Waals surface area contributed by atoms with Gasteiger partial charge in [0.25, 0.3) is 5.91 Å². The summed E-state index contributed by atoms with van der Waals surface area (Å²) in [6, 6.07) is 11.8. The maximum atomic E-state index is 13.0. The molecule has 0 fully saturated rings. The minimum Gasteiger partial charge on any atom is -0.479 e. The zero-order chi connectivity index (χ0) is 20.3. The van der Waals surface area contributed by atoms with Gasteiger partial charge in [-0.15, -0.1) is 0 Å². The van der Waals surface area contributed by atoms with Crippen LogP contribution in [0.1, 0.15) is 33.1 Å². The third-order valence-electron chi connectivity index (χ3n) is 4.96. The minimum absolute atomic E-state index is 0.419. The molecule has 1 atom stereocenters. The van der Waals surface area contributed by atoms with E-state index in [1.165, 1.54) is 0 Å². The van der Waals surface area contributed by atoms with Crippen LogP contribution >= 0.6 is 0 Å². The second-order valence-corrected chi connectivity index (χ2v) is 6.83. The van der Waals surface area contributed by atoms with Gasteiger partial charge in [0, 0.05) is 30.8 Å². The monoisotopic (exact) mass is 380 g/mol. The molecule has 146 valence electrons. The van der Waals surface area contributed by atoms with Crippen LogP contribution in [0.5, 0.6) is 0 Å². The van der Waals surface area contributed by atoms with Crippen LogP contribution in [-0.4, -0.2) is 35.3 Å². The lowest BCUT2D eigenvalue weighted by atomic mass is 10.0. The molecule has 3 aromatic rings. The molecule has 1 amide bonds. The number of carbonyl (C=O) groups excluding carboxylic acids is 1. The Morgan fingerprint density at radius 2 is 1.89 bits per heavy atom. The van der Waals surface area contributed by atoms with E-state index in [-0.39, 0.29) is 0 Å². The summed E-state index contributed by atoms with van der Waals surface area (Å²) in [6.45, 7) is 5.00. The average Bonchev–Trinajstić information content (AvgIpc) is 3.05. The van der Waals surface area contributed by atoms with Gasteiger partial charge < -0.3 is 19.7 Å². The molecule has 0 saturated carbocycles. The summed E-state index contributed by atoms with van der Waals surface area (Å²) >= 11 is 0. The Balaban J connectivity index is 1.94. The van der Waals surface area contributed by atoms with Crippen LogP contribution in [0.15, 0.2) is 48.7 Å². The van der Waals surface area contributed by atoms with Gasteiger partial charge in [0.1, 0.15) is 0 Å². The number of aliphatic carboxylic acids is 1. The Morgan fingerprint density at radius 3 is 2.57 bits per heavy atom. The highest BCUT2D eigenvalue weighted by molar-refractivity contribution is 6.08. The Morgan fingerprint density at radius 1 is 1.14 bits per heavy atom. The molecule has 1 heterocycles. The van der Waals surface area contributed by atoms with E-state index in [2.05, 4.69) is 5.32 Å². The summed E-state index contributed by atoms with van der Waals surface area (Å²) < 4.78 is 7.08. The van der Waals surface area contributed by atoms with Crippen molar-refractivity contribution in [1.29, 1.82) is 0 Å². The number of carboxylic acid groups (broad SMARTS) is 1. The van der Waals surface area contributed by atoms with Gasteiger partial charge in [-0.05, 0) is 36.6 Å². The van der Waals surface area contributed by atoms with Crippen LogP contribution in [0.3, 0.4) is 0 Å². The molecule has 6 heteroatoms. The number of nitrogens with zero attached hydrogens (tertiary/aromatic N) is 1. The van der Waals surface area contributed by atoms with Gasteiger partial charge in [-0.3, -0.25) is 4.79 Å². The number of hydrogen-bond donors (Lipinski definition) is 2. The number of carbonyl (C=O) groups is 2. The van der Waals surface area contributed by atoms with Crippen molar-refractivity contribution in [1.82, 2.24) is 9.88 Å². The van der Waals surface area contributed by atoms with Crippen molar-refractivity contribution in [2.24, 2.45) is 0 Å². The van der Waals surface area contributed by atoms with Gasteiger partial charge >= 0.3 is 5.97 Å². The second-order valence-electron chi connectivity index (χ2n) is 6.83. The molecule has 1 unspecified atom stereocenters. The SMILES string of the molecule is COCCn1cc(C(=O)NC(C(=O)O)c2ccc(C)c(C)c2)c2ccccc21. The van der Waals surface area contributed by atoms with E-state index in [0.717, 1.165) is 22.0 Å². The number of methoxy groups -OCH3 is 1. The topological polar surface area (TPSA) is 80.6 Å². The lowest BCUT2D eigenvalue weighted by molar-refractivity contribution is -0.139. The summed E-state index contributed by atoms with van der Waals surface area (Å²) in [5.74, 6) is -1.52. The molecule has 3 rings (SSSR count). The van der Waals surface area contributed by atoms with Crippen molar-refractivity contribution in [2.75, 3.05) is 13.7 Å². The number of amides is 1. The maximum absolute atomic E-state index is 13.0. The molecule has 0 aliphatic carbocycles. The smallest absolute Gasteiger partial charge is 0.330 e. The summed E-state index contributed by atoms with van der Waals surface area (Å²) in [4.78, 5) is 24.8. The van der Waals surface area contributed by atoms with Crippen LogP contribution in [0.4, 0.5) is 0 Å². The highest BCUT2D eigenvalue weighted by Gasteiger charge is 2.25. The molecule has 0 saturated heterocycles. The highest BCUT2D eigenvalue weighted by atomic mass is 16.5. The van der Waals surface area contributed by atoms with Gasteiger partial charge in [-0.25, -0.2) is 4.79 Å². The molecule has 28 heavy (non-hydrogen) atoms. The van der Waals surface area contributed by atoms with Crippen molar-refractivity contribution in [2.45, 2.75) is 26.4 Å². The third-order valence-corrected chi connectivity index (χ3v) is 4.96. The molecule has 2 aromatic carbocycles. The molecule has 0 bridgehead atoms. The van der Waals surface area contributed by atoms with Crippen molar-refractivity contribution in [3.63, 3.8) is 0 Å². The number of hydrogen-bond acceptors (Lipinski definition) is 3. The Hall–Kier alpha value is -3.12. The first-order valence-electron chi connectivity index (χ1n) is 9.10. The normalized spacial score (nSPS) is 12.1. The number of para-hydroxylation sites is 1. The number of ether oxygens (including phenoxy) is 1. The predicted octanol–water partition coefficient (Wildman–Crippen LogP) is 3.46. The van der Waals surface area contributed by atoms with Crippen LogP contribution < -0.4 is 5.32 Å². The van der Waals surface area contributed by atoms with E-state index in [4.69, 9.17) is 4.74 Å².